The zero-order valence-electron chi connectivity index (χ0n) is 10.4. The fourth-order valence-corrected chi connectivity index (χ4v) is 2.80. The summed E-state index contributed by atoms with van der Waals surface area (Å²) in [7, 11) is 0. The molecule has 2 nitrogen and oxygen atoms in total. The van der Waals surface area contributed by atoms with Gasteiger partial charge in [0.1, 0.15) is 0 Å². The Kier molecular flexibility index (Phi) is 3.44. The summed E-state index contributed by atoms with van der Waals surface area (Å²) in [6, 6.07) is 12.5. The molecule has 1 atom stereocenters. The van der Waals surface area contributed by atoms with Gasteiger partial charge in [0.05, 0.1) is 0 Å². The van der Waals surface area contributed by atoms with Gasteiger partial charge in [-0.3, -0.25) is 4.90 Å². The molecule has 1 N–H and O–H groups in total. The van der Waals surface area contributed by atoms with E-state index in [0.717, 1.165) is 18.6 Å². The molecule has 1 aromatic carbocycles. The minimum atomic E-state index is 0.735. The summed E-state index contributed by atoms with van der Waals surface area (Å²) in [5, 5.41) is 3.61. The van der Waals surface area contributed by atoms with Crippen molar-refractivity contribution in [1.82, 2.24) is 10.2 Å². The predicted octanol–water partition coefficient (Wildman–Crippen LogP) is 2.40. The van der Waals surface area contributed by atoms with Crippen molar-refractivity contribution in [3.05, 3.63) is 35.9 Å². The first-order valence-corrected chi connectivity index (χ1v) is 6.93. The van der Waals surface area contributed by atoms with Crippen molar-refractivity contribution >= 4 is 0 Å². The first-order valence-electron chi connectivity index (χ1n) is 6.93. The third-order valence-corrected chi connectivity index (χ3v) is 3.91. The van der Waals surface area contributed by atoms with Crippen LogP contribution in [0.1, 0.15) is 31.2 Å². The van der Waals surface area contributed by atoms with Crippen molar-refractivity contribution < 1.29 is 0 Å². The zero-order valence-corrected chi connectivity index (χ0v) is 10.4. The third kappa shape index (κ3) is 3.08. The van der Waals surface area contributed by atoms with E-state index in [1.165, 1.54) is 44.3 Å². The van der Waals surface area contributed by atoms with Crippen LogP contribution in [-0.2, 0) is 6.54 Å². The van der Waals surface area contributed by atoms with Crippen molar-refractivity contribution in [2.24, 2.45) is 0 Å². The van der Waals surface area contributed by atoms with Crippen molar-refractivity contribution in [2.75, 3.05) is 13.1 Å². The van der Waals surface area contributed by atoms with Crippen molar-refractivity contribution in [3.63, 3.8) is 0 Å². The summed E-state index contributed by atoms with van der Waals surface area (Å²) in [4.78, 5) is 2.68. The van der Waals surface area contributed by atoms with Gasteiger partial charge in [-0.15, -0.1) is 0 Å². The van der Waals surface area contributed by atoms with E-state index in [-0.39, 0.29) is 0 Å². The highest BCUT2D eigenvalue weighted by molar-refractivity contribution is 5.15. The standard InChI is InChI=1S/C15H22N2/c1-2-5-13(6-3-1)11-17(15-8-9-15)12-14-7-4-10-16-14/h1-3,5-6,14-16H,4,7-12H2/t14-/m1/s1. The Morgan fingerprint density at radius 2 is 1.94 bits per heavy atom. The van der Waals surface area contributed by atoms with E-state index >= 15 is 0 Å². The highest BCUT2D eigenvalue weighted by atomic mass is 15.2. The van der Waals surface area contributed by atoms with Crippen LogP contribution < -0.4 is 5.32 Å². The molecule has 1 aliphatic carbocycles. The van der Waals surface area contributed by atoms with E-state index in [4.69, 9.17) is 0 Å². The lowest BCUT2D eigenvalue weighted by Gasteiger charge is -2.25. The molecule has 2 aliphatic rings. The molecule has 1 saturated heterocycles. The molecule has 0 unspecified atom stereocenters. The molecule has 0 spiro atoms. The number of hydrogen-bond donors (Lipinski definition) is 1. The molecule has 1 aliphatic heterocycles. The highest BCUT2D eigenvalue weighted by Crippen LogP contribution is 2.29. The molecule has 1 saturated carbocycles. The average Bonchev–Trinajstić information content (AvgIpc) is 3.09. The van der Waals surface area contributed by atoms with E-state index in [0.29, 0.717) is 0 Å². The van der Waals surface area contributed by atoms with E-state index < -0.39 is 0 Å². The van der Waals surface area contributed by atoms with Gasteiger partial charge in [0.2, 0.25) is 0 Å². The van der Waals surface area contributed by atoms with E-state index in [1.54, 1.807) is 0 Å². The molecule has 1 heterocycles. The van der Waals surface area contributed by atoms with Crippen LogP contribution in [0.3, 0.4) is 0 Å². The van der Waals surface area contributed by atoms with Crippen molar-refractivity contribution in [2.45, 2.75) is 44.3 Å². The van der Waals surface area contributed by atoms with E-state index in [1.807, 2.05) is 0 Å². The maximum Gasteiger partial charge on any atom is 0.0237 e. The van der Waals surface area contributed by atoms with Gasteiger partial charge in [0.25, 0.3) is 0 Å². The van der Waals surface area contributed by atoms with Gasteiger partial charge in [-0.1, -0.05) is 30.3 Å². The Balaban J connectivity index is 1.60. The van der Waals surface area contributed by atoms with Gasteiger partial charge in [-0.2, -0.15) is 0 Å². The SMILES string of the molecule is c1ccc(CN(C[C@H]2CCCN2)C2CC2)cc1. The van der Waals surface area contributed by atoms with Gasteiger partial charge in [-0.05, 0) is 37.8 Å². The van der Waals surface area contributed by atoms with Gasteiger partial charge in [0.15, 0.2) is 0 Å². The number of nitrogens with zero attached hydrogens (tertiary/aromatic N) is 1. The normalized spacial score (nSPS) is 24.4. The monoisotopic (exact) mass is 230 g/mol. The minimum Gasteiger partial charge on any atom is -0.313 e. The molecular formula is C15H22N2. The molecule has 1 aromatic rings. The molecule has 2 heteroatoms. The van der Waals surface area contributed by atoms with Crippen LogP contribution in [0.2, 0.25) is 0 Å². The zero-order chi connectivity index (χ0) is 11.5. The minimum absolute atomic E-state index is 0.735. The second kappa shape index (κ2) is 5.19. The first kappa shape index (κ1) is 11.2. The lowest BCUT2D eigenvalue weighted by molar-refractivity contribution is 0.231. The second-order valence-electron chi connectivity index (χ2n) is 5.44. The fourth-order valence-electron chi connectivity index (χ4n) is 2.80. The summed E-state index contributed by atoms with van der Waals surface area (Å²) in [6.07, 6.45) is 5.52. The Bertz CT molecular complexity index is 339. The summed E-state index contributed by atoms with van der Waals surface area (Å²) < 4.78 is 0. The summed E-state index contributed by atoms with van der Waals surface area (Å²) in [5.74, 6) is 0. The van der Waals surface area contributed by atoms with Gasteiger partial charge >= 0.3 is 0 Å². The molecular weight excluding hydrogens is 208 g/mol. The molecule has 0 radical (unpaired) electrons. The van der Waals surface area contributed by atoms with Crippen LogP contribution in [0.15, 0.2) is 30.3 Å². The number of nitrogens with one attached hydrogen (secondary N) is 1. The van der Waals surface area contributed by atoms with Crippen molar-refractivity contribution in [3.8, 4) is 0 Å². The summed E-state index contributed by atoms with van der Waals surface area (Å²) in [5.41, 5.74) is 1.46. The smallest absolute Gasteiger partial charge is 0.0237 e. The van der Waals surface area contributed by atoms with E-state index in [9.17, 15) is 0 Å². The Labute approximate surface area is 104 Å². The molecule has 3 rings (SSSR count). The van der Waals surface area contributed by atoms with Crippen LogP contribution in [0.5, 0.6) is 0 Å². The van der Waals surface area contributed by atoms with Crippen LogP contribution >= 0.6 is 0 Å². The van der Waals surface area contributed by atoms with Gasteiger partial charge < -0.3 is 5.32 Å². The Hall–Kier alpha value is -0.860. The Morgan fingerprint density at radius 3 is 2.59 bits per heavy atom. The largest absolute Gasteiger partial charge is 0.313 e. The van der Waals surface area contributed by atoms with Crippen LogP contribution in [-0.4, -0.2) is 30.1 Å². The van der Waals surface area contributed by atoms with Gasteiger partial charge in [0, 0.05) is 25.2 Å². The highest BCUT2D eigenvalue weighted by Gasteiger charge is 2.31. The fraction of sp³-hybridized carbons (Fsp3) is 0.600. The number of hydrogen-bond acceptors (Lipinski definition) is 2. The molecule has 17 heavy (non-hydrogen) atoms. The van der Waals surface area contributed by atoms with Crippen LogP contribution in [0.4, 0.5) is 0 Å². The topological polar surface area (TPSA) is 15.3 Å². The van der Waals surface area contributed by atoms with Crippen LogP contribution in [0, 0.1) is 0 Å². The first-order chi connectivity index (χ1) is 8.42. The maximum atomic E-state index is 3.61. The average molecular weight is 230 g/mol. The molecule has 92 valence electrons. The maximum absolute atomic E-state index is 3.61. The molecule has 2 fully saturated rings. The molecule has 0 bridgehead atoms. The number of rotatable bonds is 5. The summed E-state index contributed by atoms with van der Waals surface area (Å²) in [6.45, 7) is 3.58. The van der Waals surface area contributed by atoms with Crippen molar-refractivity contribution in [1.29, 1.82) is 0 Å². The van der Waals surface area contributed by atoms with Gasteiger partial charge in [-0.25, -0.2) is 0 Å². The lowest BCUT2D eigenvalue weighted by atomic mass is 10.1. The summed E-state index contributed by atoms with van der Waals surface area (Å²) >= 11 is 0. The third-order valence-electron chi connectivity index (χ3n) is 3.91. The second-order valence-corrected chi connectivity index (χ2v) is 5.44. The van der Waals surface area contributed by atoms with Crippen LogP contribution in [0.25, 0.3) is 0 Å². The predicted molar refractivity (Wildman–Crippen MR) is 70.9 cm³/mol. The Morgan fingerprint density at radius 1 is 1.12 bits per heavy atom. The number of benzene rings is 1. The molecule has 0 amide bonds. The lowest BCUT2D eigenvalue weighted by Crippen LogP contribution is -2.38. The van der Waals surface area contributed by atoms with E-state index in [2.05, 4.69) is 40.5 Å². The molecule has 0 aromatic heterocycles. The quantitative estimate of drug-likeness (QED) is 0.835.